The quantitative estimate of drug-likeness (QED) is 0.365. The number of benzene rings is 2. The fourth-order valence-corrected chi connectivity index (χ4v) is 4.64. The van der Waals surface area contributed by atoms with E-state index in [1.807, 2.05) is 61.2 Å². The molecule has 3 aromatic rings. The van der Waals surface area contributed by atoms with Gasteiger partial charge in [-0.05, 0) is 57.4 Å². The molecular formula is C28H35N3O3. The van der Waals surface area contributed by atoms with Gasteiger partial charge in [0.1, 0.15) is 11.6 Å². The molecule has 6 heteroatoms. The van der Waals surface area contributed by atoms with Crippen molar-refractivity contribution in [1.82, 2.24) is 14.5 Å². The standard InChI is InChI=1S/C28H35N3O3/c1-4-6-11-19-30(27(32)21-13-12-14-21)20(3)26-29-23-16-8-7-15-22(23)28(33)31(26)24-17-9-10-18-25(24)34-5-2/h7-10,15-18,20-21H,4-6,11-14,19H2,1-3H3. The number of hydrogen-bond acceptors (Lipinski definition) is 4. The van der Waals surface area contributed by atoms with Gasteiger partial charge in [-0.1, -0.05) is 50.5 Å². The van der Waals surface area contributed by atoms with E-state index in [-0.39, 0.29) is 23.4 Å². The molecule has 0 aliphatic heterocycles. The summed E-state index contributed by atoms with van der Waals surface area (Å²) >= 11 is 0. The van der Waals surface area contributed by atoms with Gasteiger partial charge in [0.05, 0.1) is 29.2 Å². The molecule has 1 aromatic heterocycles. The third-order valence-corrected chi connectivity index (χ3v) is 6.79. The van der Waals surface area contributed by atoms with E-state index in [4.69, 9.17) is 9.72 Å². The lowest BCUT2D eigenvalue weighted by Gasteiger charge is -2.36. The number of hydrogen-bond donors (Lipinski definition) is 0. The first-order chi connectivity index (χ1) is 16.6. The van der Waals surface area contributed by atoms with Gasteiger partial charge >= 0.3 is 0 Å². The number of unbranched alkanes of at least 4 members (excludes halogenated alkanes) is 2. The molecule has 4 rings (SSSR count). The summed E-state index contributed by atoms with van der Waals surface area (Å²) in [6.45, 7) is 7.24. The predicted molar refractivity (Wildman–Crippen MR) is 136 cm³/mol. The maximum absolute atomic E-state index is 13.8. The van der Waals surface area contributed by atoms with Crippen molar-refractivity contribution in [1.29, 1.82) is 0 Å². The molecule has 0 radical (unpaired) electrons. The molecule has 2 aromatic carbocycles. The lowest BCUT2D eigenvalue weighted by atomic mass is 9.84. The summed E-state index contributed by atoms with van der Waals surface area (Å²) in [6.07, 6.45) is 6.08. The van der Waals surface area contributed by atoms with Crippen LogP contribution in [0.3, 0.4) is 0 Å². The zero-order valence-electron chi connectivity index (χ0n) is 20.5. The summed E-state index contributed by atoms with van der Waals surface area (Å²) in [5.41, 5.74) is 1.15. The number of para-hydroxylation sites is 3. The number of nitrogens with zero attached hydrogens (tertiary/aromatic N) is 3. The largest absolute Gasteiger partial charge is 0.492 e. The van der Waals surface area contributed by atoms with Crippen LogP contribution in [0.15, 0.2) is 53.3 Å². The van der Waals surface area contributed by atoms with Gasteiger partial charge in [-0.2, -0.15) is 0 Å². The van der Waals surface area contributed by atoms with Crippen LogP contribution >= 0.6 is 0 Å². The smallest absolute Gasteiger partial charge is 0.266 e. The minimum Gasteiger partial charge on any atom is -0.492 e. The SMILES string of the molecule is CCCCCN(C(=O)C1CCC1)C(C)c1nc2ccccc2c(=O)n1-c1ccccc1OCC. The highest BCUT2D eigenvalue weighted by molar-refractivity contribution is 5.81. The molecule has 1 fully saturated rings. The van der Waals surface area contributed by atoms with Gasteiger partial charge in [-0.15, -0.1) is 0 Å². The molecule has 6 nitrogen and oxygen atoms in total. The van der Waals surface area contributed by atoms with Gasteiger partial charge in [0.25, 0.3) is 5.56 Å². The summed E-state index contributed by atoms with van der Waals surface area (Å²) in [4.78, 5) is 34.2. The summed E-state index contributed by atoms with van der Waals surface area (Å²) in [5.74, 6) is 1.46. The van der Waals surface area contributed by atoms with Crippen molar-refractivity contribution in [3.63, 3.8) is 0 Å². The zero-order valence-corrected chi connectivity index (χ0v) is 20.5. The lowest BCUT2D eigenvalue weighted by molar-refractivity contribution is -0.140. The van der Waals surface area contributed by atoms with Crippen molar-refractivity contribution < 1.29 is 9.53 Å². The van der Waals surface area contributed by atoms with Crippen LogP contribution in [-0.2, 0) is 4.79 Å². The molecule has 1 heterocycles. The van der Waals surface area contributed by atoms with Gasteiger partial charge in [-0.3, -0.25) is 14.2 Å². The van der Waals surface area contributed by atoms with Crippen LogP contribution < -0.4 is 10.3 Å². The highest BCUT2D eigenvalue weighted by Crippen LogP contribution is 2.33. The Morgan fingerprint density at radius 3 is 2.56 bits per heavy atom. The monoisotopic (exact) mass is 461 g/mol. The normalized spacial score (nSPS) is 14.6. The van der Waals surface area contributed by atoms with Crippen LogP contribution in [0.25, 0.3) is 16.6 Å². The number of aromatic nitrogens is 2. The molecule has 0 N–H and O–H groups in total. The van der Waals surface area contributed by atoms with Crippen LogP contribution in [0, 0.1) is 5.92 Å². The Morgan fingerprint density at radius 2 is 1.85 bits per heavy atom. The summed E-state index contributed by atoms with van der Waals surface area (Å²) < 4.78 is 7.53. The fourth-order valence-electron chi connectivity index (χ4n) is 4.64. The third kappa shape index (κ3) is 4.72. The van der Waals surface area contributed by atoms with Crippen LogP contribution in [-0.4, -0.2) is 33.5 Å². The topological polar surface area (TPSA) is 64.4 Å². The first-order valence-corrected chi connectivity index (χ1v) is 12.6. The zero-order chi connectivity index (χ0) is 24.1. The number of carbonyl (C=O) groups is 1. The average molecular weight is 462 g/mol. The van der Waals surface area contributed by atoms with E-state index in [0.29, 0.717) is 41.3 Å². The minimum atomic E-state index is -0.350. The Hall–Kier alpha value is -3.15. The molecule has 1 unspecified atom stereocenters. The van der Waals surface area contributed by atoms with E-state index < -0.39 is 0 Å². The van der Waals surface area contributed by atoms with Crippen molar-refractivity contribution in [2.24, 2.45) is 5.92 Å². The Kier molecular flexibility index (Phi) is 7.66. The molecular weight excluding hydrogens is 426 g/mol. The molecule has 180 valence electrons. The molecule has 34 heavy (non-hydrogen) atoms. The van der Waals surface area contributed by atoms with Crippen molar-refractivity contribution in [2.45, 2.75) is 65.3 Å². The second-order valence-corrected chi connectivity index (χ2v) is 9.07. The Labute approximate surface area is 201 Å². The molecule has 0 bridgehead atoms. The third-order valence-electron chi connectivity index (χ3n) is 6.79. The maximum Gasteiger partial charge on any atom is 0.266 e. The molecule has 1 atom stereocenters. The first-order valence-electron chi connectivity index (χ1n) is 12.6. The van der Waals surface area contributed by atoms with Crippen molar-refractivity contribution in [3.8, 4) is 11.4 Å². The first kappa shape index (κ1) is 24.0. The number of fused-ring (bicyclic) bond motifs is 1. The molecule has 0 saturated heterocycles. The number of amides is 1. The molecule has 1 aliphatic rings. The highest BCUT2D eigenvalue weighted by Gasteiger charge is 2.34. The number of ether oxygens (including phenoxy) is 1. The van der Waals surface area contributed by atoms with E-state index in [2.05, 4.69) is 6.92 Å². The predicted octanol–water partition coefficient (Wildman–Crippen LogP) is 5.66. The van der Waals surface area contributed by atoms with E-state index in [1.165, 1.54) is 0 Å². The van der Waals surface area contributed by atoms with Crippen LogP contribution in [0.4, 0.5) is 0 Å². The van der Waals surface area contributed by atoms with Gasteiger partial charge in [0, 0.05) is 12.5 Å². The average Bonchev–Trinajstić information content (AvgIpc) is 2.81. The van der Waals surface area contributed by atoms with Crippen LogP contribution in [0.2, 0.25) is 0 Å². The van der Waals surface area contributed by atoms with Crippen molar-refractivity contribution >= 4 is 16.8 Å². The van der Waals surface area contributed by atoms with Crippen molar-refractivity contribution in [3.05, 3.63) is 64.7 Å². The maximum atomic E-state index is 13.8. The molecule has 1 saturated carbocycles. The van der Waals surface area contributed by atoms with Crippen molar-refractivity contribution in [2.75, 3.05) is 13.2 Å². The van der Waals surface area contributed by atoms with Gasteiger partial charge in [-0.25, -0.2) is 4.98 Å². The van der Waals surface area contributed by atoms with Gasteiger partial charge < -0.3 is 9.64 Å². The van der Waals surface area contributed by atoms with E-state index in [0.717, 1.165) is 38.5 Å². The molecule has 1 amide bonds. The lowest BCUT2D eigenvalue weighted by Crippen LogP contribution is -2.43. The second-order valence-electron chi connectivity index (χ2n) is 9.07. The minimum absolute atomic E-state index is 0.0837. The molecule has 1 aliphatic carbocycles. The Morgan fingerprint density at radius 1 is 1.12 bits per heavy atom. The van der Waals surface area contributed by atoms with Crippen LogP contribution in [0.5, 0.6) is 5.75 Å². The Bertz CT molecular complexity index is 1200. The fraction of sp³-hybridized carbons (Fsp3) is 0.464. The summed E-state index contributed by atoms with van der Waals surface area (Å²) in [6, 6.07) is 14.6. The van der Waals surface area contributed by atoms with E-state index in [1.54, 1.807) is 10.6 Å². The number of carbonyl (C=O) groups excluding carboxylic acids is 1. The van der Waals surface area contributed by atoms with Crippen LogP contribution in [0.1, 0.15) is 71.2 Å². The van der Waals surface area contributed by atoms with Gasteiger partial charge in [0.2, 0.25) is 5.91 Å². The number of rotatable bonds is 10. The van der Waals surface area contributed by atoms with E-state index >= 15 is 0 Å². The summed E-state index contributed by atoms with van der Waals surface area (Å²) in [7, 11) is 0. The molecule has 0 spiro atoms. The van der Waals surface area contributed by atoms with Gasteiger partial charge in [0.15, 0.2) is 0 Å². The van der Waals surface area contributed by atoms with E-state index in [9.17, 15) is 9.59 Å². The summed E-state index contributed by atoms with van der Waals surface area (Å²) in [5, 5.41) is 0.549. The highest BCUT2D eigenvalue weighted by atomic mass is 16.5. The second kappa shape index (κ2) is 10.9. The Balaban J connectivity index is 1.88.